The summed E-state index contributed by atoms with van der Waals surface area (Å²) in [5.41, 5.74) is 6.19. The monoisotopic (exact) mass is 620 g/mol. The summed E-state index contributed by atoms with van der Waals surface area (Å²) in [6, 6.07) is 36.5. The largest absolute Gasteiger partial charge is 1.00 e. The maximum atomic E-state index is 14.1. The number of amides is 1. The van der Waals surface area contributed by atoms with E-state index in [1.165, 1.54) is 16.8 Å². The predicted molar refractivity (Wildman–Crippen MR) is 159 cm³/mol. The van der Waals surface area contributed by atoms with E-state index in [1.54, 1.807) is 0 Å². The fraction of sp³-hybridized carbons (Fsp3) is 0.229. The highest BCUT2D eigenvalue weighted by Gasteiger charge is 2.55. The molecule has 7 heteroatoms. The number of aromatic nitrogens is 2. The number of halogens is 1. The number of Topliss-reactive ketones (excluding diaryl/α,β-unsaturated/α-hetero) is 1. The zero-order valence-corrected chi connectivity index (χ0v) is 25.2. The van der Waals surface area contributed by atoms with Crippen LogP contribution in [0.15, 0.2) is 116 Å². The SMILES string of the molecule is CC12CCN(C(=O)Cn3c[n+](CC(=O)c4ccccc4)c4ccccc43)C1N(Cc1ccccc1)c1ccccc12.[Br-]. The number of nitrogens with zero attached hydrogens (tertiary/aromatic N) is 4. The third-order valence-corrected chi connectivity index (χ3v) is 8.87. The van der Waals surface area contributed by atoms with Crippen LogP contribution in [0.5, 0.6) is 0 Å². The molecule has 4 aromatic carbocycles. The van der Waals surface area contributed by atoms with Gasteiger partial charge in [0.25, 0.3) is 5.91 Å². The second-order valence-electron chi connectivity index (χ2n) is 11.4. The van der Waals surface area contributed by atoms with Gasteiger partial charge < -0.3 is 26.8 Å². The Labute approximate surface area is 256 Å². The Hall–Kier alpha value is -4.23. The average molecular weight is 622 g/mol. The highest BCUT2D eigenvalue weighted by molar-refractivity contribution is 5.95. The van der Waals surface area contributed by atoms with Crippen molar-refractivity contribution in [1.29, 1.82) is 0 Å². The van der Waals surface area contributed by atoms with Gasteiger partial charge in [0.1, 0.15) is 6.17 Å². The number of hydrogen-bond acceptors (Lipinski definition) is 3. The number of imidazole rings is 1. The predicted octanol–water partition coefficient (Wildman–Crippen LogP) is 2.35. The van der Waals surface area contributed by atoms with Crippen molar-refractivity contribution in [3.05, 3.63) is 132 Å². The number of para-hydroxylation sites is 3. The Balaban J connectivity index is 0.00000316. The minimum atomic E-state index is -0.137. The highest BCUT2D eigenvalue weighted by Crippen LogP contribution is 2.52. The van der Waals surface area contributed by atoms with Crippen molar-refractivity contribution in [2.24, 2.45) is 0 Å². The van der Waals surface area contributed by atoms with E-state index in [-0.39, 0.29) is 53.3 Å². The molecular formula is C35H33BrN4O2. The van der Waals surface area contributed by atoms with Crippen LogP contribution in [0.1, 0.15) is 34.8 Å². The first-order chi connectivity index (χ1) is 20.0. The lowest BCUT2D eigenvalue weighted by Crippen LogP contribution is -3.00. The molecule has 1 saturated heterocycles. The quantitative estimate of drug-likeness (QED) is 0.207. The van der Waals surface area contributed by atoms with Crippen molar-refractivity contribution in [2.75, 3.05) is 11.4 Å². The number of benzene rings is 4. The van der Waals surface area contributed by atoms with Crippen LogP contribution in [-0.4, -0.2) is 33.9 Å². The van der Waals surface area contributed by atoms with E-state index in [4.69, 9.17) is 0 Å². The summed E-state index contributed by atoms with van der Waals surface area (Å²) in [7, 11) is 0. The number of fused-ring (bicyclic) bond motifs is 4. The van der Waals surface area contributed by atoms with Gasteiger partial charge in [-0.25, -0.2) is 9.13 Å². The first kappa shape index (κ1) is 27.9. The average Bonchev–Trinajstić information content (AvgIpc) is 3.62. The third kappa shape index (κ3) is 4.71. The summed E-state index contributed by atoms with van der Waals surface area (Å²) in [6.45, 7) is 4.20. The molecule has 0 aliphatic carbocycles. The summed E-state index contributed by atoms with van der Waals surface area (Å²) >= 11 is 0. The van der Waals surface area contributed by atoms with E-state index < -0.39 is 0 Å². The Morgan fingerprint density at radius 3 is 2.31 bits per heavy atom. The minimum absolute atomic E-state index is 0. The number of carbonyl (C=O) groups is 2. The molecule has 6 nitrogen and oxygen atoms in total. The molecule has 42 heavy (non-hydrogen) atoms. The lowest BCUT2D eigenvalue weighted by atomic mass is 9.81. The topological polar surface area (TPSA) is 49.4 Å². The van der Waals surface area contributed by atoms with E-state index in [2.05, 4.69) is 65.3 Å². The number of hydrogen-bond donors (Lipinski definition) is 0. The second kappa shape index (κ2) is 11.2. The van der Waals surface area contributed by atoms with Crippen LogP contribution in [0, 0.1) is 0 Å². The Morgan fingerprint density at radius 1 is 0.857 bits per heavy atom. The third-order valence-electron chi connectivity index (χ3n) is 8.87. The number of anilines is 1. The van der Waals surface area contributed by atoms with Crippen LogP contribution in [0.3, 0.4) is 0 Å². The zero-order chi connectivity index (χ0) is 28.0. The summed E-state index contributed by atoms with van der Waals surface area (Å²) in [4.78, 5) is 31.7. The highest BCUT2D eigenvalue weighted by atomic mass is 79.9. The molecule has 2 unspecified atom stereocenters. The van der Waals surface area contributed by atoms with Crippen LogP contribution in [0.2, 0.25) is 0 Å². The van der Waals surface area contributed by atoms with E-state index in [0.717, 1.165) is 24.0 Å². The molecular weight excluding hydrogens is 588 g/mol. The van der Waals surface area contributed by atoms with Crippen LogP contribution in [-0.2, 0) is 29.8 Å². The van der Waals surface area contributed by atoms with Gasteiger partial charge in [-0.15, -0.1) is 0 Å². The van der Waals surface area contributed by atoms with E-state index in [0.29, 0.717) is 12.1 Å². The molecule has 5 aromatic rings. The molecule has 0 bridgehead atoms. The summed E-state index contributed by atoms with van der Waals surface area (Å²) in [5.74, 6) is 0.132. The van der Waals surface area contributed by atoms with Gasteiger partial charge in [-0.1, -0.05) is 97.9 Å². The van der Waals surface area contributed by atoms with Gasteiger partial charge in [0.05, 0.1) is 0 Å². The number of likely N-dealkylation sites (tertiary alicyclic amines) is 1. The van der Waals surface area contributed by atoms with E-state index in [9.17, 15) is 9.59 Å². The lowest BCUT2D eigenvalue weighted by Gasteiger charge is -2.36. The molecule has 2 aliphatic heterocycles. The van der Waals surface area contributed by atoms with Gasteiger partial charge in [0.15, 0.2) is 24.1 Å². The molecule has 2 atom stereocenters. The molecule has 7 rings (SSSR count). The van der Waals surface area contributed by atoms with Gasteiger partial charge in [-0.3, -0.25) is 9.59 Å². The van der Waals surface area contributed by atoms with Crippen LogP contribution < -0.4 is 26.4 Å². The van der Waals surface area contributed by atoms with E-state index >= 15 is 0 Å². The molecule has 1 fully saturated rings. The van der Waals surface area contributed by atoms with Crippen LogP contribution in [0.4, 0.5) is 5.69 Å². The molecule has 0 saturated carbocycles. The molecule has 0 radical (unpaired) electrons. The van der Waals surface area contributed by atoms with Crippen LogP contribution in [0.25, 0.3) is 11.0 Å². The standard InChI is InChI=1S/C35H33N4O2.BrH/c1-35-20-21-38(34(35)39(22-26-12-4-2-5-13-26)29-17-9-8-16-28(29)35)33(41)24-37-25-36(30-18-10-11-19-31(30)37)23-32(40)27-14-6-3-7-15-27;/h2-19,25,34H,20-24H2,1H3;1H/q+1;/p-1. The van der Waals surface area contributed by atoms with Gasteiger partial charge in [-0.05, 0) is 35.7 Å². The molecule has 0 N–H and O–H groups in total. The molecule has 1 amide bonds. The number of carbonyl (C=O) groups excluding carboxylic acids is 2. The molecule has 212 valence electrons. The normalized spacial score (nSPS) is 18.9. The molecule has 0 spiro atoms. The first-order valence-electron chi connectivity index (χ1n) is 14.3. The van der Waals surface area contributed by atoms with Crippen molar-refractivity contribution in [3.8, 4) is 0 Å². The maximum absolute atomic E-state index is 14.1. The fourth-order valence-electron chi connectivity index (χ4n) is 6.89. The Kier molecular flexibility index (Phi) is 7.45. The van der Waals surface area contributed by atoms with Crippen molar-refractivity contribution >= 4 is 28.4 Å². The second-order valence-corrected chi connectivity index (χ2v) is 11.4. The Bertz CT molecular complexity index is 1750. The Morgan fingerprint density at radius 2 is 1.52 bits per heavy atom. The number of rotatable bonds is 7. The molecule has 3 heterocycles. The number of ketones is 1. The van der Waals surface area contributed by atoms with Gasteiger partial charge >= 0.3 is 0 Å². The summed E-state index contributed by atoms with van der Waals surface area (Å²) in [6.07, 6.45) is 2.79. The van der Waals surface area contributed by atoms with Crippen molar-refractivity contribution in [2.45, 2.75) is 44.6 Å². The smallest absolute Gasteiger partial charge is 0.266 e. The van der Waals surface area contributed by atoms with Gasteiger partial charge in [0, 0.05) is 29.8 Å². The minimum Gasteiger partial charge on any atom is -1.00 e. The lowest BCUT2D eigenvalue weighted by molar-refractivity contribution is -0.657. The fourth-order valence-corrected chi connectivity index (χ4v) is 6.89. The molecule has 1 aromatic heterocycles. The maximum Gasteiger partial charge on any atom is 0.266 e. The van der Waals surface area contributed by atoms with Gasteiger partial charge in [-0.2, -0.15) is 0 Å². The van der Waals surface area contributed by atoms with Crippen molar-refractivity contribution in [3.63, 3.8) is 0 Å². The van der Waals surface area contributed by atoms with E-state index in [1.807, 2.05) is 76.1 Å². The summed E-state index contributed by atoms with van der Waals surface area (Å²) in [5, 5.41) is 0. The molecule has 2 aliphatic rings. The summed E-state index contributed by atoms with van der Waals surface area (Å²) < 4.78 is 3.95. The zero-order valence-electron chi connectivity index (χ0n) is 23.6. The van der Waals surface area contributed by atoms with Crippen molar-refractivity contribution < 1.29 is 31.1 Å². The van der Waals surface area contributed by atoms with Gasteiger partial charge in [0.2, 0.25) is 12.1 Å². The first-order valence-corrected chi connectivity index (χ1v) is 14.3. The van der Waals surface area contributed by atoms with Crippen molar-refractivity contribution in [1.82, 2.24) is 9.47 Å². The van der Waals surface area contributed by atoms with Crippen LogP contribution >= 0.6 is 0 Å².